The monoisotopic (exact) mass is 995 g/mol. The lowest BCUT2D eigenvalue weighted by Crippen LogP contribution is -2.48. The number of likely N-dealkylation sites (tertiary alicyclic amines) is 1. The summed E-state index contributed by atoms with van der Waals surface area (Å²) in [5.74, 6) is -1.40. The van der Waals surface area contributed by atoms with Crippen molar-refractivity contribution in [2.24, 2.45) is 13.0 Å². The second-order valence-corrected chi connectivity index (χ2v) is 20.8. The molecule has 4 aromatic heterocycles. The molecule has 2 atom stereocenters. The summed E-state index contributed by atoms with van der Waals surface area (Å²) < 4.78 is 38.8. The molecule has 16 nitrogen and oxygen atoms in total. The zero-order valence-electron chi connectivity index (χ0n) is 42.0. The van der Waals surface area contributed by atoms with Crippen LogP contribution in [0.5, 0.6) is 0 Å². The zero-order valence-corrected chi connectivity index (χ0v) is 42.0. The number of aromatic nitrogens is 5. The van der Waals surface area contributed by atoms with Crippen LogP contribution in [-0.2, 0) is 23.2 Å². The SMILES string of the molecule is CNc1ccn(-c2ccnc3c2cc([C@H](C)N2CC=C(c4c(C)cc(C(=O)N5CCC(CN6CCN(Cc7cc8c(cc7F)n(C7CCC(=O)NC7=O)c(=O)n8C7CC7)CC6)CC5)cc4F)CC2)n3C)c(=O)c1. The molecule has 4 aliphatic heterocycles. The fraction of sp³-hybridized carbons (Fsp3) is 0.455. The molecule has 0 radical (unpaired) electrons. The lowest BCUT2D eigenvalue weighted by molar-refractivity contribution is -0.135. The number of carbonyl (C=O) groups excluding carboxylic acids is 3. The van der Waals surface area contributed by atoms with Gasteiger partial charge < -0.3 is 19.7 Å². The molecule has 2 N–H and O–H groups in total. The summed E-state index contributed by atoms with van der Waals surface area (Å²) in [6, 6.07) is 13.0. The Bertz CT molecular complexity index is 3310. The van der Waals surface area contributed by atoms with Crippen molar-refractivity contribution >= 4 is 51.0 Å². The predicted octanol–water partition coefficient (Wildman–Crippen LogP) is 6.30. The number of hydrogen-bond donors (Lipinski definition) is 2. The number of carbonyl (C=O) groups is 3. The van der Waals surface area contributed by atoms with E-state index < -0.39 is 17.8 Å². The molecule has 1 aliphatic carbocycles. The zero-order chi connectivity index (χ0) is 50.8. The van der Waals surface area contributed by atoms with Crippen molar-refractivity contribution in [1.29, 1.82) is 0 Å². The highest BCUT2D eigenvalue weighted by molar-refractivity contribution is 6.00. The molecule has 0 bridgehead atoms. The van der Waals surface area contributed by atoms with Gasteiger partial charge in [-0.2, -0.15) is 0 Å². The normalized spacial score (nSPS) is 20.2. The van der Waals surface area contributed by atoms with Gasteiger partial charge in [0.25, 0.3) is 11.5 Å². The quantitative estimate of drug-likeness (QED) is 0.134. The van der Waals surface area contributed by atoms with Crippen molar-refractivity contribution in [3.63, 3.8) is 0 Å². The number of rotatable bonds is 12. The van der Waals surface area contributed by atoms with Gasteiger partial charge in [0.2, 0.25) is 11.8 Å². The van der Waals surface area contributed by atoms with Crippen molar-refractivity contribution in [2.45, 2.75) is 83.5 Å². The summed E-state index contributed by atoms with van der Waals surface area (Å²) in [6.07, 6.45) is 10.0. The summed E-state index contributed by atoms with van der Waals surface area (Å²) in [4.78, 5) is 78.8. The first-order valence-electron chi connectivity index (χ1n) is 25.9. The number of anilines is 1. The number of imide groups is 1. The van der Waals surface area contributed by atoms with Gasteiger partial charge in [-0.15, -0.1) is 0 Å². The maximum atomic E-state index is 16.1. The van der Waals surface area contributed by atoms with E-state index in [2.05, 4.69) is 54.0 Å². The van der Waals surface area contributed by atoms with Crippen molar-refractivity contribution in [2.75, 3.05) is 71.3 Å². The van der Waals surface area contributed by atoms with E-state index in [9.17, 15) is 24.0 Å². The van der Waals surface area contributed by atoms with Crippen LogP contribution >= 0.6 is 0 Å². The summed E-state index contributed by atoms with van der Waals surface area (Å²) in [5, 5.41) is 6.24. The largest absolute Gasteiger partial charge is 0.388 e. The van der Waals surface area contributed by atoms with Gasteiger partial charge in [-0.3, -0.25) is 48.0 Å². The Balaban J connectivity index is 0.675. The average molecular weight is 996 g/mol. The Hall–Kier alpha value is -6.76. The number of halogens is 2. The maximum Gasteiger partial charge on any atom is 0.330 e. The second-order valence-electron chi connectivity index (χ2n) is 20.8. The van der Waals surface area contributed by atoms with E-state index in [1.54, 1.807) is 40.7 Å². The number of fused-ring (bicyclic) bond motifs is 2. The molecular weight excluding hydrogens is 933 g/mol. The first-order chi connectivity index (χ1) is 35.2. The number of benzene rings is 2. The molecule has 4 fully saturated rings. The van der Waals surface area contributed by atoms with Crippen molar-refractivity contribution in [1.82, 2.24) is 48.2 Å². The van der Waals surface area contributed by atoms with Gasteiger partial charge >= 0.3 is 5.69 Å². The highest BCUT2D eigenvalue weighted by Crippen LogP contribution is 2.39. The predicted molar refractivity (Wildman–Crippen MR) is 276 cm³/mol. The molecule has 6 aromatic rings. The summed E-state index contributed by atoms with van der Waals surface area (Å²) in [6.45, 7) is 11.1. The van der Waals surface area contributed by atoms with E-state index in [0.717, 1.165) is 104 Å². The number of piperazine rings is 1. The van der Waals surface area contributed by atoms with Crippen molar-refractivity contribution in [3.8, 4) is 5.69 Å². The lowest BCUT2D eigenvalue weighted by atomic mass is 9.92. The van der Waals surface area contributed by atoms with E-state index in [-0.39, 0.29) is 53.8 Å². The van der Waals surface area contributed by atoms with Crippen LogP contribution in [0, 0.1) is 24.5 Å². The van der Waals surface area contributed by atoms with E-state index in [4.69, 9.17) is 0 Å². The molecule has 1 saturated carbocycles. The topological polar surface area (TPSA) is 155 Å². The van der Waals surface area contributed by atoms with Crippen LogP contribution in [-0.4, -0.2) is 127 Å². The van der Waals surface area contributed by atoms with Gasteiger partial charge in [-0.05, 0) is 106 Å². The highest BCUT2D eigenvalue weighted by atomic mass is 19.1. The fourth-order valence-corrected chi connectivity index (χ4v) is 12.0. The Morgan fingerprint density at radius 3 is 2.29 bits per heavy atom. The minimum Gasteiger partial charge on any atom is -0.388 e. The molecule has 2 aromatic carbocycles. The smallest absolute Gasteiger partial charge is 0.330 e. The molecule has 0 spiro atoms. The van der Waals surface area contributed by atoms with Crippen LogP contribution in [0.1, 0.15) is 103 Å². The van der Waals surface area contributed by atoms with Crippen molar-refractivity contribution in [3.05, 3.63) is 127 Å². The standard InChI is InChI=1S/C55H63F2N11O5/c1-33-25-37(26-43(57)51(33)36-12-18-64(19-13-36)34(2)46-29-41-44(9-15-59-52(41)61(46)4)66-20-14-39(58-3)28-50(66)70)54(72)65-16-10-35(11-17-65)31-62-21-23-63(24-22-62)32-38-27-47-48(30-42(38)56)68(55(73)67(47)40-5-6-40)45-7-8-49(69)60-53(45)71/h9,12,14-15,20,25-30,34-35,40,45,58H,5-8,10-11,13,16-19,21-24,31-32H2,1-4H3,(H,60,69,71)/t34-,45?/m0/s1. The third-order valence-corrected chi connectivity index (χ3v) is 16.3. The minimum absolute atomic E-state index is 0.0201. The Kier molecular flexibility index (Phi) is 13.0. The molecule has 382 valence electrons. The molecule has 11 rings (SSSR count). The number of piperidine rings is 2. The third kappa shape index (κ3) is 9.22. The van der Waals surface area contributed by atoms with E-state index in [0.29, 0.717) is 66.2 Å². The van der Waals surface area contributed by atoms with Crippen LogP contribution in [0.4, 0.5) is 14.5 Å². The van der Waals surface area contributed by atoms with E-state index in [1.807, 2.05) is 37.1 Å². The van der Waals surface area contributed by atoms with Crippen molar-refractivity contribution < 1.29 is 23.2 Å². The highest BCUT2D eigenvalue weighted by Gasteiger charge is 2.36. The number of amides is 3. The number of nitrogens with one attached hydrogen (secondary N) is 2. The molecule has 8 heterocycles. The van der Waals surface area contributed by atoms with E-state index >= 15 is 8.78 Å². The van der Waals surface area contributed by atoms with Gasteiger partial charge in [0, 0.05) is 156 Å². The van der Waals surface area contributed by atoms with Crippen LogP contribution in [0.2, 0.25) is 0 Å². The number of imidazole rings is 1. The van der Waals surface area contributed by atoms with Gasteiger partial charge in [0.05, 0.1) is 16.7 Å². The molecule has 73 heavy (non-hydrogen) atoms. The minimum atomic E-state index is -0.858. The van der Waals surface area contributed by atoms with Gasteiger partial charge in [0.15, 0.2) is 0 Å². The summed E-state index contributed by atoms with van der Waals surface area (Å²) in [7, 11) is 3.78. The molecule has 5 aliphatic rings. The number of aryl methyl sites for hydroxylation is 2. The summed E-state index contributed by atoms with van der Waals surface area (Å²) >= 11 is 0. The first kappa shape index (κ1) is 48.5. The molecule has 3 saturated heterocycles. The Morgan fingerprint density at radius 1 is 0.849 bits per heavy atom. The molecule has 18 heteroatoms. The van der Waals surface area contributed by atoms with Gasteiger partial charge in [-0.25, -0.2) is 18.6 Å². The molecule has 1 unspecified atom stereocenters. The number of nitrogens with zero attached hydrogens (tertiary/aromatic N) is 9. The second kappa shape index (κ2) is 19.6. The lowest BCUT2D eigenvalue weighted by Gasteiger charge is -2.39. The summed E-state index contributed by atoms with van der Waals surface area (Å²) in [5.41, 5.74) is 7.08. The van der Waals surface area contributed by atoms with Crippen LogP contribution in [0.15, 0.2) is 76.6 Å². The first-order valence-corrected chi connectivity index (χ1v) is 25.9. The van der Waals surface area contributed by atoms with Crippen LogP contribution in [0.3, 0.4) is 0 Å². The molecule has 3 amide bonds. The number of pyridine rings is 2. The van der Waals surface area contributed by atoms with Crippen LogP contribution < -0.4 is 21.9 Å². The number of hydrogen-bond acceptors (Lipinski definition) is 10. The van der Waals surface area contributed by atoms with Gasteiger partial charge in [-0.1, -0.05) is 6.08 Å². The Labute approximate surface area is 421 Å². The third-order valence-electron chi connectivity index (χ3n) is 16.3. The fourth-order valence-electron chi connectivity index (χ4n) is 12.0. The van der Waals surface area contributed by atoms with Crippen LogP contribution in [0.25, 0.3) is 33.3 Å². The average Bonchev–Trinajstić information content (AvgIpc) is 4.11. The Morgan fingerprint density at radius 2 is 1.60 bits per heavy atom. The van der Waals surface area contributed by atoms with Gasteiger partial charge in [0.1, 0.15) is 23.3 Å². The molecular formula is C55H63F2N11O5. The maximum absolute atomic E-state index is 16.1. The van der Waals surface area contributed by atoms with E-state index in [1.165, 1.54) is 16.7 Å².